The number of amides is 4. The first-order chi connectivity index (χ1) is 21.7. The van der Waals surface area contributed by atoms with Gasteiger partial charge in [0.25, 0.3) is 11.6 Å². The largest absolute Gasteiger partial charge is 0.494 e. The second kappa shape index (κ2) is 12.4. The van der Waals surface area contributed by atoms with E-state index in [1.807, 2.05) is 29.2 Å². The molecule has 12 heteroatoms. The number of piperidine rings is 1. The number of rotatable bonds is 9. The molecule has 2 fully saturated rings. The Labute approximate surface area is 257 Å². The summed E-state index contributed by atoms with van der Waals surface area (Å²) in [6, 6.07) is 18.4. The maximum absolute atomic E-state index is 12.1. The number of aromatic nitrogens is 1. The highest BCUT2D eigenvalue weighted by Crippen LogP contribution is 2.34. The molecule has 12 nitrogen and oxygen atoms in total. The Balaban J connectivity index is 1.32. The van der Waals surface area contributed by atoms with Crippen molar-refractivity contribution in [3.8, 4) is 5.88 Å². The quantitative estimate of drug-likeness (QED) is 0.0681. The first kappa shape index (κ1) is 29.3. The van der Waals surface area contributed by atoms with Crippen molar-refractivity contribution in [1.82, 2.24) is 20.5 Å². The maximum Gasteiger partial charge on any atom is 0.326 e. The smallest absolute Gasteiger partial charge is 0.326 e. The predicted molar refractivity (Wildman–Crippen MR) is 168 cm³/mol. The molecule has 0 saturated carbocycles. The van der Waals surface area contributed by atoms with Gasteiger partial charge in [-0.3, -0.25) is 25.0 Å². The second-order valence-corrected chi connectivity index (χ2v) is 11.0. The number of H-pyrrole nitrogens is 1. The Morgan fingerprint density at radius 2 is 1.78 bits per heavy atom. The molecule has 0 unspecified atom stereocenters. The number of nitrogens with zero attached hydrogens (tertiary/aromatic N) is 3. The summed E-state index contributed by atoms with van der Waals surface area (Å²) in [5.41, 5.74) is 4.20. The number of hydrogen-bond donors (Lipinski definition) is 4. The minimum absolute atomic E-state index is 0.120. The van der Waals surface area contributed by atoms with Gasteiger partial charge in [0.1, 0.15) is 5.70 Å². The predicted octanol–water partition coefficient (Wildman–Crippen LogP) is 5.08. The number of aryl methyl sites for hydroxylation is 1. The van der Waals surface area contributed by atoms with Crippen LogP contribution in [0.3, 0.4) is 0 Å². The van der Waals surface area contributed by atoms with Crippen molar-refractivity contribution in [2.45, 2.75) is 32.1 Å². The number of benzene rings is 3. The van der Waals surface area contributed by atoms with Gasteiger partial charge in [0.2, 0.25) is 5.91 Å². The van der Waals surface area contributed by atoms with Crippen molar-refractivity contribution in [2.24, 2.45) is 4.99 Å². The number of carbonyl (C=O) groups is 3. The number of urea groups is 1. The molecule has 4 aromatic rings. The maximum atomic E-state index is 12.1. The first-order valence-corrected chi connectivity index (χ1v) is 14.6. The van der Waals surface area contributed by atoms with Crippen LogP contribution in [0, 0.1) is 10.1 Å². The lowest BCUT2D eigenvalue weighted by Gasteiger charge is -2.26. The normalized spacial score (nSPS) is 16.4. The van der Waals surface area contributed by atoms with Crippen molar-refractivity contribution in [3.63, 3.8) is 0 Å². The molecule has 0 spiro atoms. The number of carbonyl (C=O) groups excluding carboxylic acids is 3. The number of imide groups is 1. The molecule has 0 radical (unpaired) electrons. The third kappa shape index (κ3) is 6.44. The lowest BCUT2D eigenvalue weighted by atomic mass is 9.98. The van der Waals surface area contributed by atoms with Gasteiger partial charge in [-0.05, 0) is 61.1 Å². The number of aliphatic imine (C=N–C) groups is 1. The fourth-order valence-electron chi connectivity index (χ4n) is 5.61. The van der Waals surface area contributed by atoms with Crippen LogP contribution in [0.4, 0.5) is 16.2 Å². The summed E-state index contributed by atoms with van der Waals surface area (Å²) in [5.74, 6) is -0.475. The van der Waals surface area contributed by atoms with E-state index < -0.39 is 16.9 Å². The molecule has 2 aliphatic heterocycles. The van der Waals surface area contributed by atoms with Crippen molar-refractivity contribution in [1.29, 1.82) is 0 Å². The molecular weight excluding hydrogens is 576 g/mol. The van der Waals surface area contributed by atoms with Gasteiger partial charge < -0.3 is 20.3 Å². The summed E-state index contributed by atoms with van der Waals surface area (Å²) >= 11 is 0. The van der Waals surface area contributed by atoms with Crippen LogP contribution in [0.2, 0.25) is 0 Å². The molecular formula is C33H30N6O6. The molecule has 1 aromatic heterocycles. The van der Waals surface area contributed by atoms with Gasteiger partial charge in [-0.1, -0.05) is 36.4 Å². The fourth-order valence-corrected chi connectivity index (χ4v) is 5.61. The Hall–Kier alpha value is -5.78. The highest BCUT2D eigenvalue weighted by Gasteiger charge is 2.23. The average Bonchev–Trinajstić information content (AvgIpc) is 3.53. The third-order valence-corrected chi connectivity index (χ3v) is 7.92. The molecule has 4 amide bonds. The molecule has 45 heavy (non-hydrogen) atoms. The van der Waals surface area contributed by atoms with E-state index in [0.29, 0.717) is 45.4 Å². The first-order valence-electron chi connectivity index (χ1n) is 14.6. The number of likely N-dealkylation sites (tertiary alicyclic amines) is 1. The number of fused-ring (bicyclic) bond motifs is 1. The Bertz CT molecular complexity index is 1870. The zero-order valence-electron chi connectivity index (χ0n) is 24.2. The molecule has 3 aromatic carbocycles. The van der Waals surface area contributed by atoms with E-state index in [9.17, 15) is 29.6 Å². The number of hydrogen-bond acceptors (Lipinski definition) is 7. The van der Waals surface area contributed by atoms with Crippen molar-refractivity contribution < 1.29 is 24.4 Å². The van der Waals surface area contributed by atoms with Gasteiger partial charge in [-0.2, -0.15) is 0 Å². The molecule has 228 valence electrons. The van der Waals surface area contributed by atoms with Gasteiger partial charge in [0.15, 0.2) is 5.88 Å². The van der Waals surface area contributed by atoms with Gasteiger partial charge >= 0.3 is 6.03 Å². The molecule has 2 aliphatic rings. The number of aromatic amines is 1. The second-order valence-electron chi connectivity index (χ2n) is 11.0. The van der Waals surface area contributed by atoms with Crippen LogP contribution in [0.25, 0.3) is 17.0 Å². The molecule has 0 bridgehead atoms. The SMILES string of the molecule is O=C1NC(=O)/C(=C/c2ccc(N=C(c3ccc(CCCN4CCCCC4=O)cc3)c3c(O)[nH]c4ccc([N+](=O)[O-])cc34)cc2)N1. The van der Waals surface area contributed by atoms with Gasteiger partial charge in [-0.15, -0.1) is 0 Å². The van der Waals surface area contributed by atoms with Crippen LogP contribution in [-0.4, -0.2) is 56.6 Å². The lowest BCUT2D eigenvalue weighted by Crippen LogP contribution is -2.36. The standard InChI is InChI=1S/C33H30N6O6/c40-28-5-1-2-16-38(28)17-3-4-20-6-10-22(11-7-20)30(29-25-19-24(39(44)45)14-15-26(25)35-32(29)42)34-23-12-8-21(9-13-23)18-27-31(41)37-33(43)36-27/h6-15,18-19,35,42H,1-5,16-17H2,(H2,36,37,41,43)/b27-18-,34-30?. The summed E-state index contributed by atoms with van der Waals surface area (Å²) in [5, 5.41) is 27.6. The molecule has 2 saturated heterocycles. The van der Waals surface area contributed by atoms with Crippen LogP contribution in [0.15, 0.2) is 77.4 Å². The van der Waals surface area contributed by atoms with E-state index in [2.05, 4.69) is 15.6 Å². The number of nitro groups is 1. The Morgan fingerprint density at radius 3 is 2.47 bits per heavy atom. The van der Waals surface area contributed by atoms with Gasteiger partial charge in [0, 0.05) is 48.1 Å². The monoisotopic (exact) mass is 606 g/mol. The fraction of sp³-hybridized carbons (Fsp3) is 0.212. The minimum Gasteiger partial charge on any atom is -0.494 e. The molecule has 4 N–H and O–H groups in total. The van der Waals surface area contributed by atoms with Crippen LogP contribution in [-0.2, 0) is 16.0 Å². The van der Waals surface area contributed by atoms with Crippen LogP contribution >= 0.6 is 0 Å². The molecule has 0 atom stereocenters. The zero-order valence-corrected chi connectivity index (χ0v) is 24.2. The summed E-state index contributed by atoms with van der Waals surface area (Å²) in [6.45, 7) is 1.53. The zero-order chi connectivity index (χ0) is 31.5. The number of nitrogens with one attached hydrogen (secondary N) is 3. The van der Waals surface area contributed by atoms with E-state index in [0.717, 1.165) is 44.3 Å². The Kier molecular flexibility index (Phi) is 8.10. The van der Waals surface area contributed by atoms with E-state index >= 15 is 0 Å². The van der Waals surface area contributed by atoms with Crippen molar-refractivity contribution in [3.05, 3.63) is 105 Å². The van der Waals surface area contributed by atoms with E-state index in [-0.39, 0.29) is 23.2 Å². The van der Waals surface area contributed by atoms with E-state index in [1.165, 1.54) is 12.1 Å². The van der Waals surface area contributed by atoms with Crippen LogP contribution < -0.4 is 10.6 Å². The number of nitro benzene ring substituents is 1. The van der Waals surface area contributed by atoms with Crippen molar-refractivity contribution >= 4 is 51.9 Å². The van der Waals surface area contributed by atoms with Gasteiger partial charge in [0.05, 0.1) is 21.9 Å². The minimum atomic E-state index is -0.584. The Morgan fingerprint density at radius 1 is 1.00 bits per heavy atom. The highest BCUT2D eigenvalue weighted by atomic mass is 16.6. The topological polar surface area (TPSA) is 170 Å². The van der Waals surface area contributed by atoms with Gasteiger partial charge in [-0.25, -0.2) is 9.79 Å². The number of non-ortho nitro benzene ring substituents is 1. The highest BCUT2D eigenvalue weighted by molar-refractivity contribution is 6.22. The summed E-state index contributed by atoms with van der Waals surface area (Å²) in [6.07, 6.45) is 5.79. The van der Waals surface area contributed by atoms with Crippen LogP contribution in [0.5, 0.6) is 5.88 Å². The number of aromatic hydroxyl groups is 1. The van der Waals surface area contributed by atoms with Crippen LogP contribution in [0.1, 0.15) is 47.9 Å². The third-order valence-electron chi connectivity index (χ3n) is 7.92. The lowest BCUT2D eigenvalue weighted by molar-refractivity contribution is -0.384. The molecule has 3 heterocycles. The summed E-state index contributed by atoms with van der Waals surface area (Å²) in [7, 11) is 0. The van der Waals surface area contributed by atoms with E-state index in [4.69, 9.17) is 4.99 Å². The molecule has 0 aliphatic carbocycles. The molecule has 6 rings (SSSR count). The van der Waals surface area contributed by atoms with E-state index in [1.54, 1.807) is 36.4 Å². The summed E-state index contributed by atoms with van der Waals surface area (Å²) in [4.78, 5) is 56.2. The van der Waals surface area contributed by atoms with Crippen molar-refractivity contribution in [2.75, 3.05) is 13.1 Å². The average molecular weight is 607 g/mol. The summed E-state index contributed by atoms with van der Waals surface area (Å²) < 4.78 is 0.